The van der Waals surface area contributed by atoms with Crippen molar-refractivity contribution in [2.75, 3.05) is 20.7 Å². The summed E-state index contributed by atoms with van der Waals surface area (Å²) in [6.07, 6.45) is 1.98. The van der Waals surface area contributed by atoms with Crippen LogP contribution in [-0.2, 0) is 11.2 Å². The molecule has 0 aromatic heterocycles. The van der Waals surface area contributed by atoms with Crippen LogP contribution in [-0.4, -0.2) is 26.5 Å². The number of ether oxygens (including phenoxy) is 1. The number of benzene rings is 1. The minimum absolute atomic E-state index is 0.264. The van der Waals surface area contributed by atoms with E-state index in [0.717, 1.165) is 24.3 Å². The molecule has 1 aromatic rings. The van der Waals surface area contributed by atoms with Crippen LogP contribution < -0.4 is 10.1 Å². The molecule has 0 aliphatic rings. The van der Waals surface area contributed by atoms with Crippen LogP contribution in [0.1, 0.15) is 18.4 Å². The lowest BCUT2D eigenvalue weighted by Crippen LogP contribution is -2.11. The van der Waals surface area contributed by atoms with Crippen LogP contribution >= 0.6 is 0 Å². The maximum Gasteiger partial charge on any atom is 0.137 e. The van der Waals surface area contributed by atoms with E-state index in [1.807, 2.05) is 31.3 Å². The average molecular weight is 221 g/mol. The van der Waals surface area contributed by atoms with E-state index >= 15 is 0 Å². The van der Waals surface area contributed by atoms with Crippen LogP contribution in [0.2, 0.25) is 0 Å². The molecule has 0 bridgehead atoms. The summed E-state index contributed by atoms with van der Waals surface area (Å²) in [5.74, 6) is 1.06. The molecule has 0 spiro atoms. The molecule has 0 radical (unpaired) electrons. The Hall–Kier alpha value is -1.35. The summed E-state index contributed by atoms with van der Waals surface area (Å²) < 4.78 is 5.21. The van der Waals surface area contributed by atoms with Crippen molar-refractivity contribution < 1.29 is 9.53 Å². The Kier molecular flexibility index (Phi) is 5.57. The van der Waals surface area contributed by atoms with Gasteiger partial charge in [-0.15, -0.1) is 0 Å². The molecule has 3 heteroatoms. The summed E-state index contributed by atoms with van der Waals surface area (Å²) in [4.78, 5) is 11.7. The predicted octanol–water partition coefficient (Wildman–Crippen LogP) is 1.81. The number of methoxy groups -OCH3 is 1. The van der Waals surface area contributed by atoms with Crippen molar-refractivity contribution in [2.24, 2.45) is 0 Å². The zero-order valence-electron chi connectivity index (χ0n) is 9.95. The van der Waals surface area contributed by atoms with Crippen molar-refractivity contribution in [1.82, 2.24) is 5.32 Å². The fraction of sp³-hybridized carbons (Fsp3) is 0.462. The first kappa shape index (κ1) is 12.7. The number of Topliss-reactive ketones (excluding diaryl/α,β-unsaturated/α-hetero) is 1. The molecule has 16 heavy (non-hydrogen) atoms. The number of carbonyl (C=O) groups excluding carboxylic acids is 1. The molecule has 0 saturated carbocycles. The van der Waals surface area contributed by atoms with Gasteiger partial charge in [0, 0.05) is 18.4 Å². The topological polar surface area (TPSA) is 38.3 Å². The Morgan fingerprint density at radius 1 is 1.38 bits per heavy atom. The highest BCUT2D eigenvalue weighted by atomic mass is 16.5. The van der Waals surface area contributed by atoms with Gasteiger partial charge in [0.2, 0.25) is 0 Å². The Labute approximate surface area is 96.8 Å². The largest absolute Gasteiger partial charge is 0.496 e. The first-order chi connectivity index (χ1) is 7.77. The standard InChI is InChI=1S/C13H19NO2/c1-14-9-5-7-12(15)10-11-6-3-4-8-13(11)16-2/h3-4,6,8,14H,5,7,9-10H2,1-2H3. The van der Waals surface area contributed by atoms with Gasteiger partial charge in [-0.05, 0) is 26.1 Å². The fourth-order valence-electron chi connectivity index (χ4n) is 1.61. The van der Waals surface area contributed by atoms with Crippen molar-refractivity contribution in [3.63, 3.8) is 0 Å². The fourth-order valence-corrected chi connectivity index (χ4v) is 1.61. The van der Waals surface area contributed by atoms with E-state index in [9.17, 15) is 4.79 Å². The molecular formula is C13H19NO2. The molecule has 1 N–H and O–H groups in total. The lowest BCUT2D eigenvalue weighted by molar-refractivity contribution is -0.118. The molecule has 0 amide bonds. The van der Waals surface area contributed by atoms with E-state index in [4.69, 9.17) is 4.74 Å². The number of carbonyl (C=O) groups is 1. The predicted molar refractivity (Wildman–Crippen MR) is 64.9 cm³/mol. The molecule has 88 valence electrons. The Bertz CT molecular complexity index is 336. The highest BCUT2D eigenvalue weighted by Crippen LogP contribution is 2.18. The third kappa shape index (κ3) is 4.03. The second-order valence-electron chi connectivity index (χ2n) is 3.73. The average Bonchev–Trinajstić information content (AvgIpc) is 2.30. The maximum atomic E-state index is 11.7. The van der Waals surface area contributed by atoms with E-state index < -0.39 is 0 Å². The highest BCUT2D eigenvalue weighted by molar-refractivity contribution is 5.81. The molecule has 0 atom stereocenters. The molecule has 1 rings (SSSR count). The maximum absolute atomic E-state index is 11.7. The van der Waals surface area contributed by atoms with E-state index in [1.54, 1.807) is 7.11 Å². The summed E-state index contributed by atoms with van der Waals surface area (Å²) in [7, 11) is 3.52. The summed E-state index contributed by atoms with van der Waals surface area (Å²) in [6.45, 7) is 0.887. The van der Waals surface area contributed by atoms with Crippen LogP contribution in [0.25, 0.3) is 0 Å². The molecular weight excluding hydrogens is 202 g/mol. The van der Waals surface area contributed by atoms with Crippen LogP contribution in [0.4, 0.5) is 0 Å². The molecule has 3 nitrogen and oxygen atoms in total. The third-order valence-electron chi connectivity index (χ3n) is 2.46. The Balaban J connectivity index is 2.49. The quantitative estimate of drug-likeness (QED) is 0.714. The second-order valence-corrected chi connectivity index (χ2v) is 3.73. The summed E-state index contributed by atoms with van der Waals surface area (Å²) in [5.41, 5.74) is 0.972. The van der Waals surface area contributed by atoms with Gasteiger partial charge >= 0.3 is 0 Å². The minimum Gasteiger partial charge on any atom is -0.496 e. The number of nitrogens with one attached hydrogen (secondary N) is 1. The van der Waals surface area contributed by atoms with E-state index in [2.05, 4.69) is 5.32 Å². The third-order valence-corrected chi connectivity index (χ3v) is 2.46. The summed E-state index contributed by atoms with van der Waals surface area (Å²) >= 11 is 0. The monoisotopic (exact) mass is 221 g/mol. The van der Waals surface area contributed by atoms with Gasteiger partial charge in [0.05, 0.1) is 7.11 Å². The van der Waals surface area contributed by atoms with Gasteiger partial charge in [0.25, 0.3) is 0 Å². The van der Waals surface area contributed by atoms with Gasteiger partial charge in [-0.25, -0.2) is 0 Å². The van der Waals surface area contributed by atoms with Gasteiger partial charge in [0.15, 0.2) is 0 Å². The van der Waals surface area contributed by atoms with Crippen molar-refractivity contribution in [3.8, 4) is 5.75 Å². The van der Waals surface area contributed by atoms with Crippen LogP contribution in [0.15, 0.2) is 24.3 Å². The van der Waals surface area contributed by atoms with Crippen molar-refractivity contribution >= 4 is 5.78 Å². The Morgan fingerprint density at radius 2 is 2.12 bits per heavy atom. The first-order valence-corrected chi connectivity index (χ1v) is 5.56. The molecule has 0 fully saturated rings. The van der Waals surface area contributed by atoms with E-state index in [1.165, 1.54) is 0 Å². The van der Waals surface area contributed by atoms with Gasteiger partial charge in [0.1, 0.15) is 11.5 Å². The van der Waals surface area contributed by atoms with E-state index in [-0.39, 0.29) is 5.78 Å². The summed E-state index contributed by atoms with van der Waals surface area (Å²) in [6, 6.07) is 7.66. The number of hydrogen-bond acceptors (Lipinski definition) is 3. The van der Waals surface area contributed by atoms with Crippen molar-refractivity contribution in [3.05, 3.63) is 29.8 Å². The lowest BCUT2D eigenvalue weighted by Gasteiger charge is -2.07. The van der Waals surface area contributed by atoms with E-state index in [0.29, 0.717) is 12.8 Å². The van der Waals surface area contributed by atoms with Crippen LogP contribution in [0, 0.1) is 0 Å². The molecule has 0 saturated heterocycles. The minimum atomic E-state index is 0.264. The molecule has 0 unspecified atom stereocenters. The lowest BCUT2D eigenvalue weighted by atomic mass is 10.0. The molecule has 0 aliphatic carbocycles. The zero-order valence-corrected chi connectivity index (χ0v) is 9.95. The van der Waals surface area contributed by atoms with Gasteiger partial charge in [-0.2, -0.15) is 0 Å². The second kappa shape index (κ2) is 7.01. The van der Waals surface area contributed by atoms with Gasteiger partial charge in [-0.3, -0.25) is 4.79 Å². The molecule has 1 aromatic carbocycles. The Morgan fingerprint density at radius 3 is 2.81 bits per heavy atom. The number of ketones is 1. The van der Waals surface area contributed by atoms with Crippen LogP contribution in [0.5, 0.6) is 5.75 Å². The SMILES string of the molecule is CNCCCC(=O)Cc1ccccc1OC. The number of rotatable bonds is 7. The van der Waals surface area contributed by atoms with Crippen molar-refractivity contribution in [1.29, 1.82) is 0 Å². The highest BCUT2D eigenvalue weighted by Gasteiger charge is 2.07. The van der Waals surface area contributed by atoms with Gasteiger partial charge in [-0.1, -0.05) is 18.2 Å². The molecule has 0 heterocycles. The smallest absolute Gasteiger partial charge is 0.137 e. The summed E-state index contributed by atoms with van der Waals surface area (Å²) in [5, 5.41) is 3.03. The molecule has 0 aliphatic heterocycles. The first-order valence-electron chi connectivity index (χ1n) is 5.56. The van der Waals surface area contributed by atoms with Crippen molar-refractivity contribution in [2.45, 2.75) is 19.3 Å². The zero-order chi connectivity index (χ0) is 11.8. The number of hydrogen-bond donors (Lipinski definition) is 1. The normalized spacial score (nSPS) is 10.1. The van der Waals surface area contributed by atoms with Crippen LogP contribution in [0.3, 0.4) is 0 Å². The van der Waals surface area contributed by atoms with Gasteiger partial charge < -0.3 is 10.1 Å². The number of para-hydroxylation sites is 1.